The van der Waals surface area contributed by atoms with Gasteiger partial charge in [0.05, 0.1) is 22.0 Å². The van der Waals surface area contributed by atoms with Crippen LogP contribution in [0.3, 0.4) is 0 Å². The molecule has 43 heavy (non-hydrogen) atoms. The Hall–Kier alpha value is -3.97. The highest BCUT2D eigenvalue weighted by atomic mass is 16.5. The maximum Gasteiger partial charge on any atom is 0.254 e. The molecule has 5 aromatic rings. The monoisotopic (exact) mass is 573 g/mol. The molecule has 1 unspecified atom stereocenters. The van der Waals surface area contributed by atoms with Crippen LogP contribution < -0.4 is 0 Å². The van der Waals surface area contributed by atoms with Gasteiger partial charge >= 0.3 is 0 Å². The Labute approximate surface area is 252 Å². The smallest absolute Gasteiger partial charge is 0.254 e. The van der Waals surface area contributed by atoms with Gasteiger partial charge in [0, 0.05) is 31.2 Å². The van der Waals surface area contributed by atoms with Crippen molar-refractivity contribution in [3.05, 3.63) is 96.0 Å². The molecule has 3 atom stereocenters. The first-order valence-electron chi connectivity index (χ1n) is 16.0. The topological polar surface area (TPSA) is 67.4 Å². The summed E-state index contributed by atoms with van der Waals surface area (Å²) in [6.45, 7) is 4.81. The Morgan fingerprint density at radius 1 is 0.884 bits per heavy atom. The number of rotatable bonds is 6. The van der Waals surface area contributed by atoms with E-state index in [4.69, 9.17) is 9.51 Å². The van der Waals surface area contributed by atoms with Gasteiger partial charge in [-0.1, -0.05) is 53.7 Å². The van der Waals surface area contributed by atoms with E-state index < -0.39 is 0 Å². The Bertz CT molecular complexity index is 1750. The molecule has 8 rings (SSSR count). The molecule has 3 saturated heterocycles. The molecule has 3 aliphatic rings. The van der Waals surface area contributed by atoms with Gasteiger partial charge in [0.1, 0.15) is 17.6 Å². The number of piperidine rings is 2. The first kappa shape index (κ1) is 26.6. The lowest BCUT2D eigenvalue weighted by atomic mass is 9.70. The highest BCUT2D eigenvalue weighted by molar-refractivity contribution is 6.05. The molecule has 7 nitrogen and oxygen atoms in total. The molecular formula is C36H39N5O2. The SMILES string of the molecule is Cc1nc2ccccc2n1C1C[C@H]2CC[C@@H](C1)N2CCC1(c2ccccc2)CCN(C(=O)c2cccc3nocc23)CC1. The minimum Gasteiger partial charge on any atom is -0.363 e. The molecule has 3 fully saturated rings. The van der Waals surface area contributed by atoms with Gasteiger partial charge in [0.15, 0.2) is 0 Å². The van der Waals surface area contributed by atoms with Crippen LogP contribution in [-0.4, -0.2) is 62.1 Å². The van der Waals surface area contributed by atoms with E-state index >= 15 is 0 Å². The number of para-hydroxylation sites is 2. The zero-order valence-electron chi connectivity index (χ0n) is 24.9. The number of imidazole rings is 1. The molecule has 1 amide bonds. The van der Waals surface area contributed by atoms with Crippen LogP contribution in [0.15, 0.2) is 83.6 Å². The second kappa shape index (κ2) is 10.6. The van der Waals surface area contributed by atoms with Crippen LogP contribution >= 0.6 is 0 Å². The number of nitrogens with zero attached hydrogens (tertiary/aromatic N) is 5. The molecule has 3 aliphatic heterocycles. The largest absolute Gasteiger partial charge is 0.363 e. The van der Waals surface area contributed by atoms with Crippen molar-refractivity contribution in [2.45, 2.75) is 75.4 Å². The van der Waals surface area contributed by atoms with E-state index in [-0.39, 0.29) is 11.3 Å². The predicted molar refractivity (Wildman–Crippen MR) is 168 cm³/mol. The molecule has 0 spiro atoms. The summed E-state index contributed by atoms with van der Waals surface area (Å²) in [6, 6.07) is 27.1. The number of aromatic nitrogens is 3. The van der Waals surface area contributed by atoms with Crippen molar-refractivity contribution in [3.63, 3.8) is 0 Å². The molecule has 3 aromatic carbocycles. The fraction of sp³-hybridized carbons (Fsp3) is 0.417. The summed E-state index contributed by atoms with van der Waals surface area (Å²) in [6.07, 6.45) is 9.67. The molecule has 0 saturated carbocycles. The van der Waals surface area contributed by atoms with Gasteiger partial charge in [-0.3, -0.25) is 9.69 Å². The fourth-order valence-electron chi connectivity index (χ4n) is 8.65. The first-order chi connectivity index (χ1) is 21.1. The van der Waals surface area contributed by atoms with Crippen LogP contribution in [0.4, 0.5) is 0 Å². The summed E-state index contributed by atoms with van der Waals surface area (Å²) in [5, 5.41) is 4.83. The highest BCUT2D eigenvalue weighted by Gasteiger charge is 2.44. The van der Waals surface area contributed by atoms with Gasteiger partial charge in [-0.25, -0.2) is 4.98 Å². The average Bonchev–Trinajstić information content (AvgIpc) is 3.73. The zero-order chi connectivity index (χ0) is 29.0. The van der Waals surface area contributed by atoms with Crippen LogP contribution in [0.5, 0.6) is 0 Å². The second-order valence-corrected chi connectivity index (χ2v) is 13.0. The van der Waals surface area contributed by atoms with Gasteiger partial charge in [0.25, 0.3) is 5.91 Å². The average molecular weight is 574 g/mol. The molecule has 220 valence electrons. The predicted octanol–water partition coefficient (Wildman–Crippen LogP) is 6.92. The molecule has 0 N–H and O–H groups in total. The van der Waals surface area contributed by atoms with Crippen molar-refractivity contribution < 1.29 is 9.32 Å². The van der Waals surface area contributed by atoms with Crippen molar-refractivity contribution in [2.24, 2.45) is 0 Å². The van der Waals surface area contributed by atoms with E-state index in [2.05, 4.69) is 76.1 Å². The van der Waals surface area contributed by atoms with Crippen LogP contribution in [0, 0.1) is 6.92 Å². The standard InChI is InChI=1S/C36H39N5O2/c1-25-37-33-11-5-6-13-34(33)41(25)29-22-27-14-15-28(23-29)40(27)21-18-36(26-8-3-2-4-9-26)16-19-39(20-17-36)35(42)30-10-7-12-32-31(30)24-43-38-32/h2-13,24,27-29H,14-23H2,1H3/t27-,28+,29?. The molecule has 0 radical (unpaired) electrons. The van der Waals surface area contributed by atoms with Crippen molar-refractivity contribution >= 4 is 27.8 Å². The van der Waals surface area contributed by atoms with Gasteiger partial charge in [-0.15, -0.1) is 0 Å². The zero-order valence-corrected chi connectivity index (χ0v) is 24.9. The molecule has 2 aromatic heterocycles. The molecule has 5 heterocycles. The number of hydrogen-bond donors (Lipinski definition) is 0. The number of hydrogen-bond acceptors (Lipinski definition) is 5. The number of amides is 1. The molecule has 2 bridgehead atoms. The fourth-order valence-corrected chi connectivity index (χ4v) is 8.65. The lowest BCUT2D eigenvalue weighted by molar-refractivity contribution is 0.0608. The molecule has 0 aliphatic carbocycles. The Morgan fingerprint density at radius 2 is 1.60 bits per heavy atom. The third-order valence-corrected chi connectivity index (χ3v) is 10.9. The van der Waals surface area contributed by atoms with E-state index in [9.17, 15) is 4.79 Å². The lowest BCUT2D eigenvalue weighted by Gasteiger charge is -2.45. The van der Waals surface area contributed by atoms with Crippen molar-refractivity contribution in [2.75, 3.05) is 19.6 Å². The summed E-state index contributed by atoms with van der Waals surface area (Å²) >= 11 is 0. The second-order valence-electron chi connectivity index (χ2n) is 13.0. The third-order valence-electron chi connectivity index (χ3n) is 10.9. The van der Waals surface area contributed by atoms with E-state index in [0.29, 0.717) is 23.7 Å². The lowest BCUT2D eigenvalue weighted by Crippen LogP contribution is -2.49. The third kappa shape index (κ3) is 4.56. The number of fused-ring (bicyclic) bond motifs is 4. The summed E-state index contributed by atoms with van der Waals surface area (Å²) in [4.78, 5) is 23.4. The number of benzene rings is 3. The summed E-state index contributed by atoms with van der Waals surface area (Å²) in [5.41, 5.74) is 5.31. The maximum absolute atomic E-state index is 13.6. The minimum atomic E-state index is 0.0780. The minimum absolute atomic E-state index is 0.0780. The van der Waals surface area contributed by atoms with Gasteiger partial charge in [0.2, 0.25) is 0 Å². The summed E-state index contributed by atoms with van der Waals surface area (Å²) in [5.74, 6) is 1.22. The van der Waals surface area contributed by atoms with E-state index in [0.717, 1.165) is 61.1 Å². The van der Waals surface area contributed by atoms with Crippen LogP contribution in [0.25, 0.3) is 21.9 Å². The van der Waals surface area contributed by atoms with Crippen molar-refractivity contribution in [1.29, 1.82) is 0 Å². The number of aryl methyl sites for hydroxylation is 1. The van der Waals surface area contributed by atoms with Crippen LogP contribution in [0.2, 0.25) is 0 Å². The maximum atomic E-state index is 13.6. The Morgan fingerprint density at radius 3 is 2.40 bits per heavy atom. The molecular weight excluding hydrogens is 534 g/mol. The van der Waals surface area contributed by atoms with E-state index in [1.807, 2.05) is 23.1 Å². The molecule has 7 heteroatoms. The van der Waals surface area contributed by atoms with Crippen molar-refractivity contribution in [1.82, 2.24) is 24.5 Å². The Kier molecular flexibility index (Phi) is 6.59. The van der Waals surface area contributed by atoms with Gasteiger partial charge in [-0.2, -0.15) is 0 Å². The Balaban J connectivity index is 0.990. The van der Waals surface area contributed by atoms with E-state index in [1.165, 1.54) is 36.8 Å². The quantitative estimate of drug-likeness (QED) is 0.221. The summed E-state index contributed by atoms with van der Waals surface area (Å²) < 4.78 is 7.69. The van der Waals surface area contributed by atoms with Crippen molar-refractivity contribution in [3.8, 4) is 0 Å². The normalized spacial score (nSPS) is 23.7. The van der Waals surface area contributed by atoms with Crippen LogP contribution in [0.1, 0.15) is 72.7 Å². The number of carbonyl (C=O) groups excluding carboxylic acids is 1. The highest BCUT2D eigenvalue weighted by Crippen LogP contribution is 2.45. The van der Waals surface area contributed by atoms with Gasteiger partial charge in [-0.05, 0) is 93.7 Å². The summed E-state index contributed by atoms with van der Waals surface area (Å²) in [7, 11) is 0. The van der Waals surface area contributed by atoms with E-state index in [1.54, 1.807) is 6.26 Å². The number of likely N-dealkylation sites (tertiary alicyclic amines) is 1. The van der Waals surface area contributed by atoms with Crippen LogP contribution in [-0.2, 0) is 5.41 Å². The first-order valence-corrected chi connectivity index (χ1v) is 16.0. The van der Waals surface area contributed by atoms with Gasteiger partial charge < -0.3 is 14.0 Å². The number of carbonyl (C=O) groups is 1.